The van der Waals surface area contributed by atoms with Gasteiger partial charge in [-0.05, 0) is 48.5 Å². The highest BCUT2D eigenvalue weighted by Crippen LogP contribution is 2.50. The molecule has 0 heterocycles. The molecule has 0 aliphatic heterocycles. The molecular weight excluding hydrogens is 348 g/mol. The molecule has 3 N–H and O–H groups in total. The monoisotopic (exact) mass is 374 g/mol. The van der Waals surface area contributed by atoms with Gasteiger partial charge in [-0.1, -0.05) is 73.0 Å². The molecule has 1 unspecified atom stereocenters. The first-order valence-corrected chi connectivity index (χ1v) is 10.5. The zero-order valence-electron chi connectivity index (χ0n) is 15.4. The van der Waals surface area contributed by atoms with Gasteiger partial charge >= 0.3 is 0 Å². The van der Waals surface area contributed by atoms with Crippen LogP contribution >= 0.6 is 22.5 Å². The Hall–Kier alpha value is -1.69. The van der Waals surface area contributed by atoms with Crippen LogP contribution in [0, 0.1) is 6.92 Å². The van der Waals surface area contributed by atoms with Crippen molar-refractivity contribution >= 4 is 32.7 Å². The fraction of sp³-hybridized carbons (Fsp3) is 0.300. The van der Waals surface area contributed by atoms with E-state index in [0.29, 0.717) is 5.84 Å². The zero-order chi connectivity index (χ0) is 18.8. The third-order valence-corrected chi connectivity index (χ3v) is 7.10. The first kappa shape index (κ1) is 19.6. The van der Waals surface area contributed by atoms with Crippen LogP contribution in [-0.2, 0) is 5.41 Å². The molecular formula is C20H26N2OS2. The van der Waals surface area contributed by atoms with Crippen molar-refractivity contribution in [2.45, 2.75) is 38.0 Å². The standard InChI is InChI=1S/C20H26N2OS2/c1-14-6-12-17(13-7-14)25(5,23)19(24)22-18(21)15-8-10-16(11-9-15)20(2,3)4/h6-13,23H,1-5H3,(H2,21,22,24). The van der Waals surface area contributed by atoms with Crippen LogP contribution in [0.4, 0.5) is 0 Å². The second-order valence-corrected chi connectivity index (χ2v) is 10.5. The fourth-order valence-electron chi connectivity index (χ4n) is 2.30. The summed E-state index contributed by atoms with van der Waals surface area (Å²) < 4.78 is 11.1. The molecule has 2 aromatic rings. The largest absolute Gasteiger partial charge is 0.383 e. The Bertz CT molecular complexity index is 786. The first-order valence-electron chi connectivity index (χ1n) is 8.08. The summed E-state index contributed by atoms with van der Waals surface area (Å²) in [6, 6.07) is 15.7. The number of benzene rings is 2. The maximum Gasteiger partial charge on any atom is 0.170 e. The van der Waals surface area contributed by atoms with E-state index in [1.165, 1.54) is 5.56 Å². The number of rotatable bonds is 2. The summed E-state index contributed by atoms with van der Waals surface area (Å²) >= 11 is 5.39. The van der Waals surface area contributed by atoms with Crippen LogP contribution in [0.1, 0.15) is 37.5 Å². The number of amidine groups is 1. The van der Waals surface area contributed by atoms with Gasteiger partial charge in [0.25, 0.3) is 0 Å². The summed E-state index contributed by atoms with van der Waals surface area (Å²) in [5.74, 6) is 0.324. The smallest absolute Gasteiger partial charge is 0.170 e. The normalized spacial score (nSPS) is 16.2. The van der Waals surface area contributed by atoms with Gasteiger partial charge in [0.15, 0.2) is 4.32 Å². The minimum Gasteiger partial charge on any atom is -0.383 e. The molecule has 0 radical (unpaired) electrons. The predicted octanol–water partition coefficient (Wildman–Crippen LogP) is 5.25. The highest BCUT2D eigenvalue weighted by molar-refractivity contribution is 8.45. The summed E-state index contributed by atoms with van der Waals surface area (Å²) in [5.41, 5.74) is 9.36. The van der Waals surface area contributed by atoms with Crippen molar-refractivity contribution in [2.75, 3.05) is 6.26 Å². The van der Waals surface area contributed by atoms with Gasteiger partial charge in [0.2, 0.25) is 0 Å². The van der Waals surface area contributed by atoms with Crippen LogP contribution in [0.2, 0.25) is 0 Å². The van der Waals surface area contributed by atoms with Crippen LogP contribution in [0.25, 0.3) is 0 Å². The van der Waals surface area contributed by atoms with Gasteiger partial charge in [-0.2, -0.15) is 0 Å². The van der Waals surface area contributed by atoms with E-state index in [1.807, 2.05) is 55.5 Å². The summed E-state index contributed by atoms with van der Waals surface area (Å²) in [6.45, 7) is 8.49. The molecule has 0 aliphatic rings. The molecule has 3 nitrogen and oxygen atoms in total. The molecule has 134 valence electrons. The molecule has 0 saturated carbocycles. The lowest BCUT2D eigenvalue weighted by atomic mass is 9.87. The van der Waals surface area contributed by atoms with Gasteiger partial charge in [-0.3, -0.25) is 0 Å². The van der Waals surface area contributed by atoms with Crippen molar-refractivity contribution < 1.29 is 4.55 Å². The molecule has 0 bridgehead atoms. The minimum absolute atomic E-state index is 0.0823. The predicted molar refractivity (Wildman–Crippen MR) is 114 cm³/mol. The third kappa shape index (κ3) is 4.69. The SMILES string of the molecule is Cc1ccc(S(C)(O)C(=S)N=C(N)c2ccc(C(C)(C)C)cc2)cc1. The molecule has 0 aliphatic carbocycles. The first-order chi connectivity index (χ1) is 11.5. The second-order valence-electron chi connectivity index (χ2n) is 7.28. The second kappa shape index (κ2) is 7.28. The molecule has 0 spiro atoms. The summed E-state index contributed by atoms with van der Waals surface area (Å²) in [4.78, 5) is 5.10. The van der Waals surface area contributed by atoms with Crippen LogP contribution in [0.3, 0.4) is 0 Å². The maximum absolute atomic E-state index is 10.9. The lowest BCUT2D eigenvalue weighted by Crippen LogP contribution is -2.18. The number of nitrogens with two attached hydrogens (primary N) is 1. The molecule has 1 atom stereocenters. The van der Waals surface area contributed by atoms with Gasteiger partial charge in [0.05, 0.1) is 0 Å². The van der Waals surface area contributed by atoms with Crippen LogP contribution < -0.4 is 5.73 Å². The summed E-state index contributed by atoms with van der Waals surface area (Å²) in [7, 11) is -2.33. The van der Waals surface area contributed by atoms with E-state index in [-0.39, 0.29) is 9.74 Å². The maximum atomic E-state index is 10.9. The van der Waals surface area contributed by atoms with Crippen LogP contribution in [0.15, 0.2) is 58.4 Å². The van der Waals surface area contributed by atoms with E-state index in [9.17, 15) is 4.55 Å². The molecule has 0 fully saturated rings. The van der Waals surface area contributed by atoms with Crippen molar-refractivity contribution in [3.05, 3.63) is 65.2 Å². The number of nitrogens with zero attached hydrogens (tertiary/aromatic N) is 1. The van der Waals surface area contributed by atoms with E-state index in [2.05, 4.69) is 25.8 Å². The van der Waals surface area contributed by atoms with E-state index >= 15 is 0 Å². The third-order valence-electron chi connectivity index (χ3n) is 4.08. The van der Waals surface area contributed by atoms with E-state index in [1.54, 1.807) is 6.26 Å². The average Bonchev–Trinajstić information content (AvgIpc) is 2.54. The quantitative estimate of drug-likeness (QED) is 0.429. The molecule has 2 aromatic carbocycles. The number of aliphatic imine (C=N–C) groups is 1. The Morgan fingerprint density at radius 3 is 2.04 bits per heavy atom. The minimum atomic E-state index is -2.33. The van der Waals surface area contributed by atoms with Crippen molar-refractivity contribution in [3.8, 4) is 0 Å². The van der Waals surface area contributed by atoms with E-state index < -0.39 is 10.3 Å². The highest BCUT2D eigenvalue weighted by atomic mass is 32.3. The summed E-state index contributed by atoms with van der Waals surface area (Å²) in [6.07, 6.45) is 1.72. The molecule has 0 aromatic heterocycles. The Balaban J connectivity index is 2.26. The number of hydrogen-bond acceptors (Lipinski definition) is 2. The number of aryl methyl sites for hydroxylation is 1. The van der Waals surface area contributed by atoms with Crippen molar-refractivity contribution in [3.63, 3.8) is 0 Å². The highest BCUT2D eigenvalue weighted by Gasteiger charge is 2.23. The summed E-state index contributed by atoms with van der Waals surface area (Å²) in [5, 5.41) is 0. The molecule has 0 saturated heterocycles. The van der Waals surface area contributed by atoms with Crippen LogP contribution in [-0.4, -0.2) is 21.0 Å². The lowest BCUT2D eigenvalue weighted by Gasteiger charge is -2.28. The van der Waals surface area contributed by atoms with E-state index in [4.69, 9.17) is 18.0 Å². The number of hydrogen-bond donors (Lipinski definition) is 2. The van der Waals surface area contributed by atoms with Crippen molar-refractivity contribution in [1.29, 1.82) is 0 Å². The fourth-order valence-corrected chi connectivity index (χ4v) is 3.83. The van der Waals surface area contributed by atoms with E-state index in [0.717, 1.165) is 16.0 Å². The molecule has 0 amide bonds. The lowest BCUT2D eigenvalue weighted by molar-refractivity contribution is 0.590. The van der Waals surface area contributed by atoms with Gasteiger partial charge in [0, 0.05) is 10.5 Å². The molecule has 5 heteroatoms. The molecule has 25 heavy (non-hydrogen) atoms. The Labute approximate surface area is 157 Å². The zero-order valence-corrected chi connectivity index (χ0v) is 17.0. The van der Waals surface area contributed by atoms with Crippen molar-refractivity contribution in [1.82, 2.24) is 0 Å². The van der Waals surface area contributed by atoms with Crippen molar-refractivity contribution in [2.24, 2.45) is 10.7 Å². The van der Waals surface area contributed by atoms with Gasteiger partial charge in [0.1, 0.15) is 5.84 Å². The van der Waals surface area contributed by atoms with Gasteiger partial charge in [-0.15, -0.1) is 0 Å². The molecule has 2 rings (SSSR count). The average molecular weight is 375 g/mol. The Morgan fingerprint density at radius 2 is 1.56 bits per heavy atom. The topological polar surface area (TPSA) is 58.6 Å². The van der Waals surface area contributed by atoms with Crippen LogP contribution in [0.5, 0.6) is 0 Å². The number of thiocarbonyl (C=S) groups is 1. The Kier molecular flexibility index (Phi) is 5.72. The van der Waals surface area contributed by atoms with Gasteiger partial charge in [-0.25, -0.2) is 4.99 Å². The van der Waals surface area contributed by atoms with Gasteiger partial charge < -0.3 is 10.3 Å². The Morgan fingerprint density at radius 1 is 1.04 bits per heavy atom.